The van der Waals surface area contributed by atoms with E-state index < -0.39 is 11.0 Å². The van der Waals surface area contributed by atoms with E-state index in [1.165, 1.54) is 56.0 Å². The lowest BCUT2D eigenvalue weighted by molar-refractivity contribution is -0.146. The molecule has 1 saturated carbocycles. The first-order valence-corrected chi connectivity index (χ1v) is 17.6. The van der Waals surface area contributed by atoms with Gasteiger partial charge in [0.1, 0.15) is 0 Å². The van der Waals surface area contributed by atoms with Crippen molar-refractivity contribution in [3.8, 4) is 0 Å². The molecule has 4 unspecified atom stereocenters. The minimum Gasteiger partial charge on any atom is -0.451 e. The standard InChI is InChI=1S/C43H43N5O2/c1-44(2)29-17-9-25(10-18-29)41(26-11-19-30(20-12-26)45(3)4)34-33-35-37(48-36(34)39(41)48)40(49)50-43(35)38(33)42(43,27-13-21-31(22-14-27)46(5)6)28-15-23-32(24-16-28)47(7)8/h9-24,37-39H,1-8H3. The lowest BCUT2D eigenvalue weighted by Gasteiger charge is -2.44. The van der Waals surface area contributed by atoms with Crippen molar-refractivity contribution >= 4 is 28.7 Å². The summed E-state index contributed by atoms with van der Waals surface area (Å²) in [6.45, 7) is 0. The molecule has 0 bridgehead atoms. The average Bonchev–Trinajstić information content (AvgIpc) is 3.90. The van der Waals surface area contributed by atoms with Crippen LogP contribution in [-0.4, -0.2) is 84.9 Å². The summed E-state index contributed by atoms with van der Waals surface area (Å²) in [7, 11) is 16.6. The maximum Gasteiger partial charge on any atom is 0.334 e. The molecule has 0 radical (unpaired) electrons. The molecule has 4 aromatic rings. The molecule has 10 rings (SSSR count). The van der Waals surface area contributed by atoms with E-state index >= 15 is 0 Å². The largest absolute Gasteiger partial charge is 0.451 e. The topological polar surface area (TPSA) is 42.3 Å². The van der Waals surface area contributed by atoms with Crippen LogP contribution in [0, 0.1) is 5.92 Å². The van der Waals surface area contributed by atoms with Crippen molar-refractivity contribution in [2.45, 2.75) is 28.5 Å². The van der Waals surface area contributed by atoms with E-state index in [0.717, 1.165) is 11.4 Å². The van der Waals surface area contributed by atoms with Crippen molar-refractivity contribution in [3.63, 3.8) is 0 Å². The normalized spacial score (nSPS) is 26.2. The van der Waals surface area contributed by atoms with Crippen LogP contribution in [0.3, 0.4) is 0 Å². The molecule has 0 aromatic heterocycles. The summed E-state index contributed by atoms with van der Waals surface area (Å²) in [4.78, 5) is 25.3. The predicted molar refractivity (Wildman–Crippen MR) is 200 cm³/mol. The molecule has 3 heterocycles. The van der Waals surface area contributed by atoms with Crippen LogP contribution in [0.1, 0.15) is 22.3 Å². The summed E-state index contributed by atoms with van der Waals surface area (Å²) in [6.07, 6.45) is 0. The molecule has 1 spiro atoms. The number of carbonyl (C=O) groups is 1. The van der Waals surface area contributed by atoms with Gasteiger partial charge in [0.25, 0.3) is 0 Å². The fraction of sp³-hybridized carbons (Fsp3) is 0.326. The zero-order valence-corrected chi connectivity index (χ0v) is 30.0. The van der Waals surface area contributed by atoms with Gasteiger partial charge in [0.05, 0.1) is 16.9 Å². The number of hydrogen-bond acceptors (Lipinski definition) is 7. The Kier molecular flexibility index (Phi) is 5.55. The van der Waals surface area contributed by atoms with Gasteiger partial charge < -0.3 is 29.2 Å². The van der Waals surface area contributed by atoms with Crippen LogP contribution >= 0.6 is 0 Å². The maximum absolute atomic E-state index is 14.3. The van der Waals surface area contributed by atoms with E-state index in [2.05, 4.69) is 178 Å². The predicted octanol–water partition coefficient (Wildman–Crippen LogP) is 5.79. The number of carbonyl (C=O) groups excluding carboxylic acids is 1. The number of hydrogen-bond donors (Lipinski definition) is 0. The van der Waals surface area contributed by atoms with E-state index in [9.17, 15) is 4.79 Å². The first-order valence-electron chi connectivity index (χ1n) is 17.6. The Balaban J connectivity index is 1.18. The van der Waals surface area contributed by atoms with Crippen LogP contribution in [0.4, 0.5) is 22.7 Å². The molecule has 4 aromatic carbocycles. The number of ether oxygens (including phenoxy) is 1. The lowest BCUT2D eigenvalue weighted by atomic mass is 9.55. The van der Waals surface area contributed by atoms with E-state index in [-0.39, 0.29) is 29.4 Å². The van der Waals surface area contributed by atoms with Crippen molar-refractivity contribution in [2.24, 2.45) is 5.92 Å². The monoisotopic (exact) mass is 661 g/mol. The number of rotatable bonds is 8. The number of nitrogens with zero attached hydrogens (tertiary/aromatic N) is 5. The molecule has 3 aliphatic carbocycles. The van der Waals surface area contributed by atoms with Gasteiger partial charge in [-0.3, -0.25) is 0 Å². The highest BCUT2D eigenvalue weighted by molar-refractivity contribution is 6.00. The molecule has 2 saturated heterocycles. The zero-order valence-electron chi connectivity index (χ0n) is 30.0. The van der Waals surface area contributed by atoms with Crippen LogP contribution in [-0.2, 0) is 20.4 Å². The molecular weight excluding hydrogens is 619 g/mol. The summed E-state index contributed by atoms with van der Waals surface area (Å²) in [6, 6.07) is 35.9. The Morgan fingerprint density at radius 1 is 0.560 bits per heavy atom. The molecule has 7 heteroatoms. The Labute approximate surface area is 294 Å². The number of esters is 1. The quantitative estimate of drug-likeness (QED) is 0.175. The molecule has 4 atom stereocenters. The third kappa shape index (κ3) is 3.13. The number of anilines is 4. The van der Waals surface area contributed by atoms with Gasteiger partial charge >= 0.3 is 5.97 Å². The molecule has 50 heavy (non-hydrogen) atoms. The highest BCUT2D eigenvalue weighted by Gasteiger charge is 2.97. The summed E-state index contributed by atoms with van der Waals surface area (Å²) >= 11 is 0. The molecule has 3 aliphatic heterocycles. The highest BCUT2D eigenvalue weighted by Crippen LogP contribution is 2.89. The van der Waals surface area contributed by atoms with Crippen molar-refractivity contribution in [2.75, 3.05) is 76.0 Å². The van der Waals surface area contributed by atoms with Crippen molar-refractivity contribution in [3.05, 3.63) is 142 Å². The average molecular weight is 662 g/mol. The molecule has 0 amide bonds. The van der Waals surface area contributed by atoms with Crippen LogP contribution in [0.2, 0.25) is 0 Å². The number of fused-ring (bicyclic) bond motifs is 4. The highest BCUT2D eigenvalue weighted by atomic mass is 16.6. The first kappa shape index (κ1) is 29.7. The van der Waals surface area contributed by atoms with Gasteiger partial charge in [-0.05, 0) is 81.9 Å². The smallest absolute Gasteiger partial charge is 0.334 e. The number of benzene rings is 4. The van der Waals surface area contributed by atoms with E-state index in [1.807, 2.05) is 0 Å². The summed E-state index contributed by atoms with van der Waals surface area (Å²) in [5, 5.41) is 0. The molecule has 7 nitrogen and oxygen atoms in total. The fourth-order valence-electron chi connectivity index (χ4n) is 10.5. The third-order valence-electron chi connectivity index (χ3n) is 12.8. The Morgan fingerprint density at radius 3 is 1.32 bits per heavy atom. The van der Waals surface area contributed by atoms with Gasteiger partial charge in [-0.1, -0.05) is 48.5 Å². The van der Waals surface area contributed by atoms with Gasteiger partial charge in [0.2, 0.25) is 0 Å². The maximum atomic E-state index is 14.3. The van der Waals surface area contributed by atoms with E-state index in [4.69, 9.17) is 4.74 Å². The Bertz CT molecular complexity index is 2070. The minimum atomic E-state index is -0.674. The third-order valence-corrected chi connectivity index (χ3v) is 12.8. The molecule has 0 N–H and O–H groups in total. The van der Waals surface area contributed by atoms with Crippen LogP contribution in [0.5, 0.6) is 0 Å². The second-order valence-electron chi connectivity index (χ2n) is 15.8. The molecule has 3 fully saturated rings. The fourth-order valence-corrected chi connectivity index (χ4v) is 10.5. The zero-order chi connectivity index (χ0) is 34.6. The van der Waals surface area contributed by atoms with Crippen LogP contribution < -0.4 is 19.6 Å². The van der Waals surface area contributed by atoms with Crippen molar-refractivity contribution < 1.29 is 9.53 Å². The van der Waals surface area contributed by atoms with Crippen LogP contribution in [0.15, 0.2) is 119 Å². The molecular formula is C43H43N5O2. The Morgan fingerprint density at radius 2 is 0.940 bits per heavy atom. The second-order valence-corrected chi connectivity index (χ2v) is 15.8. The first-order chi connectivity index (χ1) is 24.0. The summed E-state index contributed by atoms with van der Waals surface area (Å²) in [5.74, 6) is -0.0560. The van der Waals surface area contributed by atoms with Gasteiger partial charge in [-0.2, -0.15) is 0 Å². The van der Waals surface area contributed by atoms with Gasteiger partial charge in [-0.15, -0.1) is 0 Å². The minimum absolute atomic E-state index is 0.0435. The van der Waals surface area contributed by atoms with Crippen LogP contribution in [0.25, 0.3) is 0 Å². The van der Waals surface area contributed by atoms with Gasteiger partial charge in [-0.25, -0.2) is 4.79 Å². The van der Waals surface area contributed by atoms with E-state index in [1.54, 1.807) is 0 Å². The van der Waals surface area contributed by atoms with E-state index in [0.29, 0.717) is 0 Å². The van der Waals surface area contributed by atoms with Crippen molar-refractivity contribution in [1.82, 2.24) is 4.90 Å². The molecule has 6 aliphatic rings. The summed E-state index contributed by atoms with van der Waals surface area (Å²) < 4.78 is 6.75. The van der Waals surface area contributed by atoms with Crippen molar-refractivity contribution in [1.29, 1.82) is 0 Å². The molecule has 252 valence electrons. The lowest BCUT2D eigenvalue weighted by Crippen LogP contribution is -2.44. The van der Waals surface area contributed by atoms with Gasteiger partial charge in [0, 0.05) is 96.3 Å². The van der Waals surface area contributed by atoms with Gasteiger partial charge in [0.15, 0.2) is 11.6 Å². The Hall–Kier alpha value is -5.17. The summed E-state index contributed by atoms with van der Waals surface area (Å²) in [5.41, 5.74) is 13.4. The second kappa shape index (κ2) is 9.33. The SMILES string of the molecule is CN(C)c1ccc(C2(c3ccc(N(C)C)cc3)C3=C4C2N4C2C(=O)OC45C2=C3C4C5(c2ccc(N(C)C)cc2)c2ccc(N(C)C)cc2)cc1.